The van der Waals surface area contributed by atoms with E-state index < -0.39 is 11.9 Å². The van der Waals surface area contributed by atoms with Crippen LogP contribution in [-0.2, 0) is 42.6 Å². The van der Waals surface area contributed by atoms with Gasteiger partial charge in [-0.15, -0.1) is 0 Å². The molecule has 0 saturated carbocycles. The van der Waals surface area contributed by atoms with Crippen LogP contribution >= 0.6 is 11.3 Å². The van der Waals surface area contributed by atoms with Crippen molar-refractivity contribution in [2.45, 2.75) is 76.9 Å². The van der Waals surface area contributed by atoms with Gasteiger partial charge in [0.25, 0.3) is 5.91 Å². The van der Waals surface area contributed by atoms with Crippen LogP contribution in [0.15, 0.2) is 97.1 Å². The Balaban J connectivity index is 0.621. The van der Waals surface area contributed by atoms with Crippen LogP contribution in [0.3, 0.4) is 0 Å². The van der Waals surface area contributed by atoms with Crippen molar-refractivity contribution in [3.8, 4) is 5.75 Å². The number of carbonyl (C=O) groups is 4. The summed E-state index contributed by atoms with van der Waals surface area (Å²) < 4.78 is 8.99. The zero-order chi connectivity index (χ0) is 49.3. The second-order valence-electron chi connectivity index (χ2n) is 19.9. The normalized spacial score (nSPS) is 18.1. The van der Waals surface area contributed by atoms with Crippen LogP contribution in [0.25, 0.3) is 21.1 Å². The van der Waals surface area contributed by atoms with Crippen molar-refractivity contribution in [2.75, 3.05) is 54.4 Å². The highest BCUT2D eigenvalue weighted by Gasteiger charge is 2.33. The number of ether oxygens (including phenoxy) is 1. The van der Waals surface area contributed by atoms with Crippen molar-refractivity contribution in [1.29, 1.82) is 0 Å². The molecular weight excluding hydrogens is 927 g/mol. The Morgan fingerprint density at radius 1 is 0.833 bits per heavy atom. The lowest BCUT2D eigenvalue weighted by atomic mass is 9.89. The number of carboxylic acid groups (broad SMARTS) is 1. The maximum atomic E-state index is 13.6. The van der Waals surface area contributed by atoms with E-state index in [1.54, 1.807) is 6.07 Å². The lowest BCUT2D eigenvalue weighted by Crippen LogP contribution is -2.41. The maximum Gasteiger partial charge on any atom is 0.354 e. The SMILES string of the molecule is Cn1nc(C2CCC(=O)NC2=O)c2ccc(N3CCC(CN4CCC(CCc5ccc(OCc6ccc(N7CCc8cccc(C(=O)Nc9nc%10ccccc%10s9)c8C7)nc6C(=O)O)cc5)CC4)CC3)cc21. The number of thiazole rings is 1. The number of aryl methyl sites for hydroxylation is 2. The molecule has 0 bridgehead atoms. The number of nitrogens with one attached hydrogen (secondary N) is 2. The monoisotopic (exact) mass is 985 g/mol. The summed E-state index contributed by atoms with van der Waals surface area (Å²) in [5.74, 6) is 0.405. The van der Waals surface area contributed by atoms with Gasteiger partial charge >= 0.3 is 5.97 Å². The summed E-state index contributed by atoms with van der Waals surface area (Å²) >= 11 is 1.44. The quantitative estimate of drug-likeness (QED) is 0.0886. The van der Waals surface area contributed by atoms with Crippen molar-refractivity contribution >= 4 is 72.8 Å². The average molecular weight is 986 g/mol. The van der Waals surface area contributed by atoms with Gasteiger partial charge in [0.2, 0.25) is 11.8 Å². The molecule has 370 valence electrons. The van der Waals surface area contributed by atoms with Crippen molar-refractivity contribution < 1.29 is 29.0 Å². The molecule has 3 N–H and O–H groups in total. The van der Waals surface area contributed by atoms with Crippen molar-refractivity contribution in [3.05, 3.63) is 136 Å². The molecule has 3 aromatic heterocycles. The predicted octanol–water partition coefficient (Wildman–Crippen LogP) is 8.75. The van der Waals surface area contributed by atoms with Crippen LogP contribution in [0.2, 0.25) is 0 Å². The molecule has 0 spiro atoms. The smallest absolute Gasteiger partial charge is 0.354 e. The standard InChI is InChI=1S/C56H59N9O6S/c1-62-47-31-40(14-17-43(47)52(61-62)44-18-20-50(66)59-54(44)68)64-28-23-37(24-29-64)32-63-26-21-36(22-27-63)10-9-35-11-15-41(16-12-35)71-34-39-13-19-49(58-51(39)55(69)70)65-30-25-38-5-4-6-42(45(38)33-65)53(67)60-56-57-46-7-2-3-8-48(46)72-56/h2-8,11-17,19,31,36-37,44H,9-10,18,20-30,32-34H2,1H3,(H,69,70)(H,57,60,67)(H,59,66,68). The van der Waals surface area contributed by atoms with Gasteiger partial charge < -0.3 is 24.5 Å². The fourth-order valence-corrected chi connectivity index (χ4v) is 12.1. The molecular formula is C56H59N9O6S. The number of aromatic nitrogens is 4. The number of fused-ring (bicyclic) bond motifs is 3. The van der Waals surface area contributed by atoms with Gasteiger partial charge in [0.15, 0.2) is 10.8 Å². The summed E-state index contributed by atoms with van der Waals surface area (Å²) in [6.07, 6.45) is 8.47. The first kappa shape index (κ1) is 47.2. The highest BCUT2D eigenvalue weighted by Crippen LogP contribution is 2.35. The number of carboxylic acids is 1. The molecule has 4 aliphatic heterocycles. The number of anilines is 3. The molecule has 4 aliphatic rings. The number of nitrogens with zero attached hydrogens (tertiary/aromatic N) is 7. The van der Waals surface area contributed by atoms with Gasteiger partial charge in [-0.05, 0) is 154 Å². The average Bonchev–Trinajstić information content (AvgIpc) is 3.97. The van der Waals surface area contributed by atoms with E-state index in [1.807, 2.05) is 77.3 Å². The number of piperidine rings is 3. The molecule has 16 heteroatoms. The number of pyridine rings is 1. The molecule has 3 saturated heterocycles. The maximum absolute atomic E-state index is 13.6. The minimum absolute atomic E-state index is 0.0472. The summed E-state index contributed by atoms with van der Waals surface area (Å²) in [6, 6.07) is 31.8. The zero-order valence-corrected chi connectivity index (χ0v) is 41.3. The lowest BCUT2D eigenvalue weighted by Gasteiger charge is -2.38. The summed E-state index contributed by atoms with van der Waals surface area (Å²) in [6.45, 7) is 6.64. The Bertz CT molecular complexity index is 3140. The molecule has 72 heavy (non-hydrogen) atoms. The van der Waals surface area contributed by atoms with Gasteiger partial charge in [0.05, 0.1) is 27.3 Å². The molecule has 1 unspecified atom stereocenters. The predicted molar refractivity (Wildman–Crippen MR) is 279 cm³/mol. The van der Waals surface area contributed by atoms with Crippen molar-refractivity contribution in [2.24, 2.45) is 18.9 Å². The van der Waals surface area contributed by atoms with Crippen LogP contribution in [0, 0.1) is 11.8 Å². The highest BCUT2D eigenvalue weighted by molar-refractivity contribution is 7.22. The van der Waals surface area contributed by atoms with Gasteiger partial charge in [-0.25, -0.2) is 14.8 Å². The molecule has 15 nitrogen and oxygen atoms in total. The largest absolute Gasteiger partial charge is 0.489 e. The number of rotatable bonds is 14. The number of para-hydroxylation sites is 1. The Kier molecular flexibility index (Phi) is 13.4. The van der Waals surface area contributed by atoms with E-state index in [2.05, 4.69) is 60.7 Å². The van der Waals surface area contributed by atoms with Crippen molar-refractivity contribution in [1.82, 2.24) is 30.0 Å². The minimum atomic E-state index is -1.12. The molecule has 7 aromatic rings. The number of imide groups is 1. The van der Waals surface area contributed by atoms with Crippen molar-refractivity contribution in [3.63, 3.8) is 0 Å². The van der Waals surface area contributed by atoms with E-state index in [4.69, 9.17) is 9.84 Å². The number of hydrogen-bond donors (Lipinski definition) is 3. The van der Waals surface area contributed by atoms with Gasteiger partial charge in [-0.3, -0.25) is 29.7 Å². The van der Waals surface area contributed by atoms with Crippen LogP contribution in [-0.4, -0.2) is 92.7 Å². The third kappa shape index (κ3) is 10.2. The first-order valence-electron chi connectivity index (χ1n) is 25.3. The summed E-state index contributed by atoms with van der Waals surface area (Å²) in [7, 11) is 1.93. The lowest BCUT2D eigenvalue weighted by molar-refractivity contribution is -0.134. The molecule has 11 rings (SSSR count). The van der Waals surface area contributed by atoms with Gasteiger partial charge in [-0.1, -0.05) is 47.7 Å². The van der Waals surface area contributed by atoms with E-state index in [1.165, 1.54) is 48.3 Å². The van der Waals surface area contributed by atoms with Crippen LogP contribution in [0.4, 0.5) is 16.6 Å². The topological polar surface area (TPSA) is 175 Å². The molecule has 4 aromatic carbocycles. The Labute approximate surface area is 422 Å². The molecule has 3 amide bonds. The molecule has 0 aliphatic carbocycles. The fourth-order valence-electron chi connectivity index (χ4n) is 11.2. The third-order valence-corrected chi connectivity index (χ3v) is 16.3. The number of carbonyl (C=O) groups excluding carboxylic acids is 3. The molecule has 0 radical (unpaired) electrons. The number of amides is 3. The van der Waals surface area contributed by atoms with E-state index in [0.29, 0.717) is 72.0 Å². The summed E-state index contributed by atoms with van der Waals surface area (Å²) in [4.78, 5) is 66.8. The summed E-state index contributed by atoms with van der Waals surface area (Å²) in [5.41, 5.74) is 8.06. The Morgan fingerprint density at radius 3 is 2.43 bits per heavy atom. The van der Waals surface area contributed by atoms with Gasteiger partial charge in [0.1, 0.15) is 18.2 Å². The first-order chi connectivity index (χ1) is 35.1. The fraction of sp³-hybridized carbons (Fsp3) is 0.375. The van der Waals surface area contributed by atoms with E-state index in [0.717, 1.165) is 83.5 Å². The Hall–Kier alpha value is -7.17. The second kappa shape index (κ2) is 20.5. The van der Waals surface area contributed by atoms with E-state index in [-0.39, 0.29) is 30.0 Å². The van der Waals surface area contributed by atoms with E-state index >= 15 is 0 Å². The van der Waals surface area contributed by atoms with Gasteiger partial charge in [0, 0.05) is 68.4 Å². The van der Waals surface area contributed by atoms with Crippen LogP contribution in [0.5, 0.6) is 5.75 Å². The molecule has 3 fully saturated rings. The summed E-state index contributed by atoms with van der Waals surface area (Å²) in [5, 5.41) is 22.0. The first-order valence-corrected chi connectivity index (χ1v) is 26.2. The minimum Gasteiger partial charge on any atom is -0.489 e. The van der Waals surface area contributed by atoms with Gasteiger partial charge in [-0.2, -0.15) is 5.10 Å². The van der Waals surface area contributed by atoms with E-state index in [9.17, 15) is 24.3 Å². The number of benzene rings is 4. The Morgan fingerprint density at radius 2 is 1.64 bits per heavy atom. The highest BCUT2D eigenvalue weighted by atomic mass is 32.1. The molecule has 7 heterocycles. The van der Waals surface area contributed by atoms with Crippen LogP contribution < -0.4 is 25.2 Å². The van der Waals surface area contributed by atoms with Crippen LogP contribution in [0.1, 0.15) is 99.7 Å². The zero-order valence-electron chi connectivity index (χ0n) is 40.5. The third-order valence-electron chi connectivity index (χ3n) is 15.3. The molecule has 1 atom stereocenters. The number of aromatic carboxylic acids is 1. The number of hydrogen-bond acceptors (Lipinski definition) is 12. The second-order valence-corrected chi connectivity index (χ2v) is 20.9. The number of likely N-dealkylation sites (tertiary alicyclic amines) is 1.